The number of hydrogen-bond donors (Lipinski definition) is 1. The zero-order valence-electron chi connectivity index (χ0n) is 11.3. The Bertz CT molecular complexity index is 314. The van der Waals surface area contributed by atoms with E-state index in [1.165, 1.54) is 23.3 Å². The van der Waals surface area contributed by atoms with Gasteiger partial charge in [0.05, 0.1) is 0 Å². The molecule has 0 bridgehead atoms. The molecule has 1 N–H and O–H groups in total. The molecule has 1 unspecified atom stereocenters. The molecule has 0 radical (unpaired) electrons. The van der Waals surface area contributed by atoms with Crippen LogP contribution >= 0.6 is 11.3 Å². The van der Waals surface area contributed by atoms with Gasteiger partial charge >= 0.3 is 0 Å². The third kappa shape index (κ3) is 3.60. The van der Waals surface area contributed by atoms with Crippen LogP contribution in [0.15, 0.2) is 11.4 Å². The average molecular weight is 239 g/mol. The summed E-state index contributed by atoms with van der Waals surface area (Å²) in [6.45, 7) is 12.6. The van der Waals surface area contributed by atoms with E-state index in [-0.39, 0.29) is 0 Å². The second kappa shape index (κ2) is 5.83. The maximum atomic E-state index is 3.57. The van der Waals surface area contributed by atoms with Gasteiger partial charge in [-0.25, -0.2) is 0 Å². The summed E-state index contributed by atoms with van der Waals surface area (Å²) >= 11 is 1.89. The molecule has 0 spiro atoms. The first kappa shape index (κ1) is 13.7. The van der Waals surface area contributed by atoms with Crippen LogP contribution in [0.2, 0.25) is 0 Å². The molecule has 0 aliphatic heterocycles. The van der Waals surface area contributed by atoms with Gasteiger partial charge in [0.15, 0.2) is 0 Å². The van der Waals surface area contributed by atoms with E-state index in [1.807, 2.05) is 11.3 Å². The Morgan fingerprint density at radius 3 is 2.62 bits per heavy atom. The maximum Gasteiger partial charge on any atom is 0.0131 e. The Balaban J connectivity index is 2.61. The molecular weight excluding hydrogens is 214 g/mol. The van der Waals surface area contributed by atoms with Crippen LogP contribution in [0.1, 0.15) is 51.0 Å². The minimum atomic E-state index is 0.290. The average Bonchev–Trinajstić information content (AvgIpc) is 2.61. The second-order valence-electron chi connectivity index (χ2n) is 5.38. The molecule has 16 heavy (non-hydrogen) atoms. The summed E-state index contributed by atoms with van der Waals surface area (Å²) in [5.74, 6) is 0. The minimum Gasteiger partial charge on any atom is -0.314 e. The fourth-order valence-electron chi connectivity index (χ4n) is 2.39. The fraction of sp³-hybridized carbons (Fsp3) is 0.714. The van der Waals surface area contributed by atoms with E-state index in [2.05, 4.69) is 51.4 Å². The number of thiophene rings is 1. The zero-order valence-corrected chi connectivity index (χ0v) is 12.1. The summed E-state index contributed by atoms with van der Waals surface area (Å²) in [6.07, 6.45) is 2.41. The molecular formula is C14H25NS. The van der Waals surface area contributed by atoms with Crippen LogP contribution in [0.5, 0.6) is 0 Å². The van der Waals surface area contributed by atoms with Gasteiger partial charge in [-0.05, 0) is 50.2 Å². The quantitative estimate of drug-likeness (QED) is 0.787. The molecule has 0 saturated heterocycles. The first-order valence-electron chi connectivity index (χ1n) is 6.25. The molecule has 0 aromatic carbocycles. The van der Waals surface area contributed by atoms with Crippen molar-refractivity contribution in [1.82, 2.24) is 5.32 Å². The molecule has 0 amide bonds. The Kier molecular flexibility index (Phi) is 5.00. The highest BCUT2D eigenvalue weighted by atomic mass is 32.1. The highest BCUT2D eigenvalue weighted by molar-refractivity contribution is 7.10. The van der Waals surface area contributed by atoms with Crippen molar-refractivity contribution in [3.63, 3.8) is 0 Å². The van der Waals surface area contributed by atoms with Crippen LogP contribution in [-0.2, 0) is 5.41 Å². The molecule has 1 nitrogen and oxygen atoms in total. The van der Waals surface area contributed by atoms with Gasteiger partial charge in [0.1, 0.15) is 0 Å². The molecule has 1 aromatic heterocycles. The monoisotopic (exact) mass is 239 g/mol. The molecule has 1 rings (SSSR count). The van der Waals surface area contributed by atoms with Gasteiger partial charge in [0, 0.05) is 16.3 Å². The Morgan fingerprint density at radius 2 is 2.12 bits per heavy atom. The summed E-state index contributed by atoms with van der Waals surface area (Å²) in [7, 11) is 0. The number of aryl methyl sites for hydroxylation is 1. The van der Waals surface area contributed by atoms with Crippen LogP contribution in [0.3, 0.4) is 0 Å². The number of hydrogen-bond acceptors (Lipinski definition) is 2. The van der Waals surface area contributed by atoms with E-state index in [4.69, 9.17) is 0 Å². The molecule has 2 heteroatoms. The third-order valence-electron chi connectivity index (χ3n) is 3.04. The predicted octanol–water partition coefficient (Wildman–Crippen LogP) is 4.11. The summed E-state index contributed by atoms with van der Waals surface area (Å²) in [4.78, 5) is 1.54. The Hall–Kier alpha value is -0.340. The fourth-order valence-corrected chi connectivity index (χ4v) is 3.45. The van der Waals surface area contributed by atoms with E-state index in [9.17, 15) is 0 Å². The van der Waals surface area contributed by atoms with Crippen LogP contribution < -0.4 is 5.32 Å². The molecule has 92 valence electrons. The topological polar surface area (TPSA) is 12.0 Å². The van der Waals surface area contributed by atoms with E-state index in [0.29, 0.717) is 11.5 Å². The molecule has 0 aliphatic rings. The highest BCUT2D eigenvalue weighted by Crippen LogP contribution is 2.34. The Labute approximate surface area is 104 Å². The summed E-state index contributed by atoms with van der Waals surface area (Å²) < 4.78 is 0. The molecule has 0 aliphatic carbocycles. The van der Waals surface area contributed by atoms with Gasteiger partial charge in [0.2, 0.25) is 0 Å². The van der Waals surface area contributed by atoms with E-state index in [0.717, 1.165) is 6.54 Å². The first-order valence-corrected chi connectivity index (χ1v) is 7.13. The van der Waals surface area contributed by atoms with E-state index in [1.54, 1.807) is 0 Å². The van der Waals surface area contributed by atoms with Crippen molar-refractivity contribution in [3.05, 3.63) is 21.9 Å². The van der Waals surface area contributed by atoms with Crippen molar-refractivity contribution in [2.24, 2.45) is 0 Å². The standard InChI is InChI=1S/C14H25NS/c1-6-8-15-12(3)10-14(4,5)13-11(2)7-9-16-13/h7,9,12,15H,6,8,10H2,1-5H3. The Morgan fingerprint density at radius 1 is 1.44 bits per heavy atom. The molecule has 0 saturated carbocycles. The number of nitrogens with one attached hydrogen (secondary N) is 1. The predicted molar refractivity (Wildman–Crippen MR) is 74.5 cm³/mol. The lowest BCUT2D eigenvalue weighted by Crippen LogP contribution is -2.33. The highest BCUT2D eigenvalue weighted by Gasteiger charge is 2.25. The second-order valence-corrected chi connectivity index (χ2v) is 6.29. The largest absolute Gasteiger partial charge is 0.314 e. The van der Waals surface area contributed by atoms with Gasteiger partial charge in [-0.15, -0.1) is 11.3 Å². The van der Waals surface area contributed by atoms with Gasteiger partial charge in [0.25, 0.3) is 0 Å². The normalized spacial score (nSPS) is 14.1. The third-order valence-corrected chi connectivity index (χ3v) is 4.42. The molecule has 0 fully saturated rings. The van der Waals surface area contributed by atoms with Crippen molar-refractivity contribution in [3.8, 4) is 0 Å². The van der Waals surface area contributed by atoms with Crippen molar-refractivity contribution in [2.45, 2.75) is 58.9 Å². The summed E-state index contributed by atoms with van der Waals surface area (Å²) in [6, 6.07) is 2.82. The zero-order chi connectivity index (χ0) is 12.2. The molecule has 1 aromatic rings. The summed E-state index contributed by atoms with van der Waals surface area (Å²) in [5.41, 5.74) is 1.73. The van der Waals surface area contributed by atoms with Gasteiger partial charge in [-0.1, -0.05) is 20.8 Å². The van der Waals surface area contributed by atoms with E-state index < -0.39 is 0 Å². The van der Waals surface area contributed by atoms with Crippen LogP contribution in [0.25, 0.3) is 0 Å². The van der Waals surface area contributed by atoms with Crippen LogP contribution in [-0.4, -0.2) is 12.6 Å². The molecule has 1 atom stereocenters. The lowest BCUT2D eigenvalue weighted by atomic mass is 9.83. The lowest BCUT2D eigenvalue weighted by Gasteiger charge is -2.28. The smallest absolute Gasteiger partial charge is 0.0131 e. The first-order chi connectivity index (χ1) is 7.47. The van der Waals surface area contributed by atoms with Crippen molar-refractivity contribution >= 4 is 11.3 Å². The van der Waals surface area contributed by atoms with Gasteiger partial charge in [-0.3, -0.25) is 0 Å². The lowest BCUT2D eigenvalue weighted by molar-refractivity contribution is 0.393. The van der Waals surface area contributed by atoms with Crippen molar-refractivity contribution in [2.75, 3.05) is 6.54 Å². The summed E-state index contributed by atoms with van der Waals surface area (Å²) in [5, 5.41) is 5.78. The van der Waals surface area contributed by atoms with Gasteiger partial charge < -0.3 is 5.32 Å². The van der Waals surface area contributed by atoms with Crippen LogP contribution in [0.4, 0.5) is 0 Å². The van der Waals surface area contributed by atoms with Gasteiger partial charge in [-0.2, -0.15) is 0 Å². The SMILES string of the molecule is CCCNC(C)CC(C)(C)c1sccc1C. The van der Waals surface area contributed by atoms with Crippen molar-refractivity contribution < 1.29 is 0 Å². The van der Waals surface area contributed by atoms with Crippen molar-refractivity contribution in [1.29, 1.82) is 0 Å². The minimum absolute atomic E-state index is 0.290. The molecule has 1 heterocycles. The van der Waals surface area contributed by atoms with E-state index >= 15 is 0 Å². The number of rotatable bonds is 6. The van der Waals surface area contributed by atoms with Crippen LogP contribution in [0, 0.1) is 6.92 Å². The maximum absolute atomic E-state index is 3.57.